The fourth-order valence-electron chi connectivity index (χ4n) is 3.21. The number of ether oxygens (including phenoxy) is 1. The molecule has 0 atom stereocenters. The number of rotatable bonds is 6. The maximum absolute atomic E-state index is 12.9. The molecule has 0 radical (unpaired) electrons. The second-order valence-corrected chi connectivity index (χ2v) is 8.51. The topological polar surface area (TPSA) is 116 Å². The molecule has 0 bridgehead atoms. The Kier molecular flexibility index (Phi) is 5.07. The normalized spacial score (nSPS) is 11.4. The number of nitro groups is 1. The molecule has 31 heavy (non-hydrogen) atoms. The predicted molar refractivity (Wildman–Crippen MR) is 116 cm³/mol. The van der Waals surface area contributed by atoms with Crippen molar-refractivity contribution in [2.75, 3.05) is 11.8 Å². The SMILES string of the molecule is COc1ccc(-c2cn3cccc(C)c3n2)cc1NS(=O)(=O)c1cccc([N+](=O)[O-])c1. The van der Waals surface area contributed by atoms with Gasteiger partial charge in [0, 0.05) is 30.1 Å². The van der Waals surface area contributed by atoms with E-state index in [4.69, 9.17) is 4.74 Å². The van der Waals surface area contributed by atoms with Gasteiger partial charge in [-0.05, 0) is 42.8 Å². The summed E-state index contributed by atoms with van der Waals surface area (Å²) in [6.07, 6.45) is 3.73. The number of fused-ring (bicyclic) bond motifs is 1. The van der Waals surface area contributed by atoms with E-state index < -0.39 is 14.9 Å². The molecule has 0 fully saturated rings. The largest absolute Gasteiger partial charge is 0.495 e. The van der Waals surface area contributed by atoms with Crippen molar-refractivity contribution >= 4 is 27.0 Å². The van der Waals surface area contributed by atoms with Crippen LogP contribution in [0.3, 0.4) is 0 Å². The summed E-state index contributed by atoms with van der Waals surface area (Å²) in [4.78, 5) is 14.8. The van der Waals surface area contributed by atoms with E-state index in [0.717, 1.165) is 17.3 Å². The monoisotopic (exact) mass is 438 g/mol. The summed E-state index contributed by atoms with van der Waals surface area (Å²) in [5.41, 5.74) is 3.03. The predicted octanol–water partition coefficient (Wildman–Crippen LogP) is 4.03. The maximum Gasteiger partial charge on any atom is 0.270 e. The Labute approximate surface area is 178 Å². The van der Waals surface area contributed by atoms with Crippen LogP contribution in [0.4, 0.5) is 11.4 Å². The van der Waals surface area contributed by atoms with Gasteiger partial charge in [-0.3, -0.25) is 14.8 Å². The zero-order chi connectivity index (χ0) is 22.2. The number of imidazole rings is 1. The first-order valence-electron chi connectivity index (χ1n) is 9.18. The lowest BCUT2D eigenvalue weighted by molar-refractivity contribution is -0.385. The highest BCUT2D eigenvalue weighted by atomic mass is 32.2. The summed E-state index contributed by atoms with van der Waals surface area (Å²) in [6, 6.07) is 13.7. The Balaban J connectivity index is 1.75. The van der Waals surface area contributed by atoms with E-state index in [1.165, 1.54) is 25.3 Å². The molecule has 0 aliphatic rings. The van der Waals surface area contributed by atoms with E-state index >= 15 is 0 Å². The fraction of sp³-hybridized carbons (Fsp3) is 0.0952. The van der Waals surface area contributed by atoms with Crippen LogP contribution in [0.5, 0.6) is 5.75 Å². The molecule has 9 nitrogen and oxygen atoms in total. The number of non-ortho nitro benzene ring substituents is 1. The van der Waals surface area contributed by atoms with Crippen LogP contribution in [-0.4, -0.2) is 29.8 Å². The zero-order valence-electron chi connectivity index (χ0n) is 16.6. The summed E-state index contributed by atoms with van der Waals surface area (Å²) < 4.78 is 35.4. The summed E-state index contributed by atoms with van der Waals surface area (Å²) in [5.74, 6) is 0.303. The minimum absolute atomic E-state index is 0.195. The Hall–Kier alpha value is -3.92. The molecule has 0 spiro atoms. The van der Waals surface area contributed by atoms with Crippen molar-refractivity contribution in [2.45, 2.75) is 11.8 Å². The van der Waals surface area contributed by atoms with E-state index in [1.54, 1.807) is 18.2 Å². The molecule has 0 aliphatic heterocycles. The number of anilines is 1. The Morgan fingerprint density at radius 3 is 2.65 bits per heavy atom. The number of aryl methyl sites for hydroxylation is 1. The second-order valence-electron chi connectivity index (χ2n) is 6.82. The van der Waals surface area contributed by atoms with Crippen LogP contribution in [0.2, 0.25) is 0 Å². The van der Waals surface area contributed by atoms with Crippen LogP contribution in [0.15, 0.2) is 71.9 Å². The lowest BCUT2D eigenvalue weighted by atomic mass is 10.1. The standard InChI is InChI=1S/C21H18N4O5S/c1-14-5-4-10-24-13-19(22-21(14)24)15-8-9-20(30-2)18(11-15)23-31(28,29)17-7-3-6-16(12-17)25(26)27/h3-13,23H,1-2H3. The van der Waals surface area contributed by atoms with Crippen LogP contribution < -0.4 is 9.46 Å². The molecule has 2 heterocycles. The number of nitrogens with zero attached hydrogens (tertiary/aromatic N) is 3. The van der Waals surface area contributed by atoms with Gasteiger partial charge in [0.25, 0.3) is 15.7 Å². The molecule has 158 valence electrons. The molecule has 0 aliphatic carbocycles. The number of sulfonamides is 1. The summed E-state index contributed by atoms with van der Waals surface area (Å²) in [7, 11) is -2.67. The average molecular weight is 438 g/mol. The van der Waals surface area contributed by atoms with E-state index in [9.17, 15) is 18.5 Å². The van der Waals surface area contributed by atoms with Crippen LogP contribution in [0.25, 0.3) is 16.9 Å². The molecule has 0 amide bonds. The van der Waals surface area contributed by atoms with E-state index in [2.05, 4.69) is 9.71 Å². The highest BCUT2D eigenvalue weighted by Crippen LogP contribution is 2.32. The molecule has 0 saturated carbocycles. The van der Waals surface area contributed by atoms with Gasteiger partial charge in [0.05, 0.1) is 28.3 Å². The van der Waals surface area contributed by atoms with Crippen LogP contribution >= 0.6 is 0 Å². The van der Waals surface area contributed by atoms with Crippen LogP contribution in [0.1, 0.15) is 5.56 Å². The first kappa shape index (κ1) is 20.4. The number of hydrogen-bond acceptors (Lipinski definition) is 6. The van der Waals surface area contributed by atoms with E-state index in [-0.39, 0.29) is 16.3 Å². The zero-order valence-corrected chi connectivity index (χ0v) is 17.5. The minimum Gasteiger partial charge on any atom is -0.495 e. The first-order valence-corrected chi connectivity index (χ1v) is 10.7. The van der Waals surface area contributed by atoms with Crippen molar-refractivity contribution < 1.29 is 18.1 Å². The van der Waals surface area contributed by atoms with Gasteiger partial charge in [-0.2, -0.15) is 0 Å². The molecular formula is C21H18N4O5S. The van der Waals surface area contributed by atoms with Gasteiger partial charge >= 0.3 is 0 Å². The molecule has 0 saturated heterocycles. The number of nitro benzene ring substituents is 1. The second kappa shape index (κ2) is 7.73. The number of aromatic nitrogens is 2. The number of hydrogen-bond donors (Lipinski definition) is 1. The van der Waals surface area contributed by atoms with Gasteiger partial charge in [0.2, 0.25) is 0 Å². The van der Waals surface area contributed by atoms with E-state index in [0.29, 0.717) is 17.0 Å². The third-order valence-electron chi connectivity index (χ3n) is 4.76. The van der Waals surface area contributed by atoms with Gasteiger partial charge in [0.15, 0.2) is 0 Å². The lowest BCUT2D eigenvalue weighted by Gasteiger charge is -2.13. The van der Waals surface area contributed by atoms with Gasteiger partial charge in [-0.1, -0.05) is 12.1 Å². The quantitative estimate of drug-likeness (QED) is 0.359. The average Bonchev–Trinajstić information content (AvgIpc) is 3.19. The molecular weight excluding hydrogens is 420 g/mol. The van der Waals surface area contributed by atoms with Crippen molar-refractivity contribution in [1.29, 1.82) is 0 Å². The van der Waals surface area contributed by atoms with Crippen molar-refractivity contribution in [3.8, 4) is 17.0 Å². The molecule has 2 aromatic carbocycles. The van der Waals surface area contributed by atoms with Crippen molar-refractivity contribution in [3.63, 3.8) is 0 Å². The van der Waals surface area contributed by atoms with E-state index in [1.807, 2.05) is 35.9 Å². The minimum atomic E-state index is -4.09. The smallest absolute Gasteiger partial charge is 0.270 e. The van der Waals surface area contributed by atoms with Crippen LogP contribution in [-0.2, 0) is 10.0 Å². The highest BCUT2D eigenvalue weighted by Gasteiger charge is 2.20. The van der Waals surface area contributed by atoms with Gasteiger partial charge < -0.3 is 9.14 Å². The third kappa shape index (κ3) is 3.92. The summed E-state index contributed by atoms with van der Waals surface area (Å²) >= 11 is 0. The molecule has 4 aromatic rings. The number of benzene rings is 2. The lowest BCUT2D eigenvalue weighted by Crippen LogP contribution is -2.14. The fourth-order valence-corrected chi connectivity index (χ4v) is 4.31. The van der Waals surface area contributed by atoms with Gasteiger partial charge in [-0.25, -0.2) is 13.4 Å². The highest BCUT2D eigenvalue weighted by molar-refractivity contribution is 7.92. The Morgan fingerprint density at radius 1 is 1.13 bits per heavy atom. The van der Waals surface area contributed by atoms with Gasteiger partial charge in [-0.15, -0.1) is 0 Å². The maximum atomic E-state index is 12.9. The third-order valence-corrected chi connectivity index (χ3v) is 6.12. The van der Waals surface area contributed by atoms with Gasteiger partial charge in [0.1, 0.15) is 11.4 Å². The number of methoxy groups -OCH3 is 1. The number of pyridine rings is 1. The number of nitrogens with one attached hydrogen (secondary N) is 1. The Morgan fingerprint density at radius 2 is 1.94 bits per heavy atom. The Bertz CT molecular complexity index is 1410. The van der Waals surface area contributed by atoms with Crippen molar-refractivity contribution in [2.24, 2.45) is 0 Å². The summed E-state index contributed by atoms with van der Waals surface area (Å²) in [5, 5.41) is 11.0. The first-order chi connectivity index (χ1) is 14.8. The van der Waals surface area contributed by atoms with Crippen molar-refractivity contribution in [3.05, 3.63) is 82.7 Å². The molecule has 10 heteroatoms. The van der Waals surface area contributed by atoms with Crippen molar-refractivity contribution in [1.82, 2.24) is 9.38 Å². The molecule has 1 N–H and O–H groups in total. The molecule has 4 rings (SSSR count). The molecule has 0 unspecified atom stereocenters. The summed E-state index contributed by atoms with van der Waals surface area (Å²) in [6.45, 7) is 1.96. The van der Waals surface area contributed by atoms with Crippen LogP contribution in [0, 0.1) is 17.0 Å². The molecule has 2 aromatic heterocycles.